The van der Waals surface area contributed by atoms with Crippen molar-refractivity contribution < 1.29 is 5.11 Å². The van der Waals surface area contributed by atoms with Crippen LogP contribution in [0.15, 0.2) is 17.5 Å². The first-order valence-corrected chi connectivity index (χ1v) is 6.12. The van der Waals surface area contributed by atoms with Crippen LogP contribution in [-0.4, -0.2) is 10.7 Å². The number of nitrogens with two attached hydrogens (primary N) is 1. The molecule has 0 amide bonds. The summed E-state index contributed by atoms with van der Waals surface area (Å²) >= 11 is 1.64. The highest BCUT2D eigenvalue weighted by Crippen LogP contribution is 2.38. The van der Waals surface area contributed by atoms with Gasteiger partial charge in [0.15, 0.2) is 0 Å². The maximum atomic E-state index is 10.4. The summed E-state index contributed by atoms with van der Waals surface area (Å²) in [7, 11) is 0. The van der Waals surface area contributed by atoms with E-state index >= 15 is 0 Å². The maximum Gasteiger partial charge on any atom is 0.0847 e. The van der Waals surface area contributed by atoms with Crippen molar-refractivity contribution in [2.75, 3.05) is 0 Å². The van der Waals surface area contributed by atoms with Crippen molar-refractivity contribution in [1.82, 2.24) is 0 Å². The molecular formula is C11H17NOS. The van der Waals surface area contributed by atoms with Gasteiger partial charge in [-0.25, -0.2) is 0 Å². The Balaban J connectivity index is 2.13. The molecule has 3 N–H and O–H groups in total. The molecular weight excluding hydrogens is 194 g/mol. The summed E-state index contributed by atoms with van der Waals surface area (Å²) in [6, 6.07) is 3.82. The molecule has 0 radical (unpaired) electrons. The second-order valence-electron chi connectivity index (χ2n) is 4.16. The smallest absolute Gasteiger partial charge is 0.0847 e. The highest BCUT2D eigenvalue weighted by Gasteiger charge is 2.36. The third-order valence-electron chi connectivity index (χ3n) is 3.15. The highest BCUT2D eigenvalue weighted by atomic mass is 32.1. The predicted molar refractivity (Wildman–Crippen MR) is 59.3 cm³/mol. The van der Waals surface area contributed by atoms with E-state index in [0.717, 1.165) is 30.6 Å². The number of rotatable bonds is 2. The lowest BCUT2D eigenvalue weighted by Gasteiger charge is -2.36. The fraction of sp³-hybridized carbons (Fsp3) is 0.636. The zero-order valence-corrected chi connectivity index (χ0v) is 9.09. The number of aliphatic hydroxyl groups is 1. The normalized spacial score (nSPS) is 23.3. The van der Waals surface area contributed by atoms with Gasteiger partial charge in [-0.3, -0.25) is 0 Å². The van der Waals surface area contributed by atoms with Crippen LogP contribution in [0.4, 0.5) is 0 Å². The molecule has 0 aliphatic heterocycles. The SMILES string of the molecule is NC(c1cccs1)C1(O)CCCCC1. The molecule has 0 spiro atoms. The van der Waals surface area contributed by atoms with E-state index in [9.17, 15) is 5.11 Å². The highest BCUT2D eigenvalue weighted by molar-refractivity contribution is 7.10. The summed E-state index contributed by atoms with van der Waals surface area (Å²) in [4.78, 5) is 1.11. The van der Waals surface area contributed by atoms with E-state index in [4.69, 9.17) is 5.73 Å². The van der Waals surface area contributed by atoms with Crippen LogP contribution < -0.4 is 5.73 Å². The monoisotopic (exact) mass is 211 g/mol. The molecule has 1 unspecified atom stereocenters. The molecule has 1 saturated carbocycles. The fourth-order valence-corrected chi connectivity index (χ4v) is 3.05. The summed E-state index contributed by atoms with van der Waals surface area (Å²) in [5, 5.41) is 12.4. The average Bonchev–Trinajstić information content (AvgIpc) is 2.70. The van der Waals surface area contributed by atoms with Gasteiger partial charge in [-0.2, -0.15) is 0 Å². The van der Waals surface area contributed by atoms with E-state index in [1.165, 1.54) is 6.42 Å². The van der Waals surface area contributed by atoms with Crippen LogP contribution in [-0.2, 0) is 0 Å². The van der Waals surface area contributed by atoms with Crippen LogP contribution in [0.2, 0.25) is 0 Å². The number of hydrogen-bond donors (Lipinski definition) is 2. The number of thiophene rings is 1. The molecule has 1 aromatic rings. The largest absolute Gasteiger partial charge is 0.388 e. The molecule has 1 heterocycles. The Bertz CT molecular complexity index is 277. The van der Waals surface area contributed by atoms with Crippen LogP contribution in [0, 0.1) is 0 Å². The van der Waals surface area contributed by atoms with Gasteiger partial charge >= 0.3 is 0 Å². The van der Waals surface area contributed by atoms with Crippen LogP contribution in [0.1, 0.15) is 43.0 Å². The lowest BCUT2D eigenvalue weighted by molar-refractivity contribution is -0.0193. The Hall–Kier alpha value is -0.380. The van der Waals surface area contributed by atoms with Crippen molar-refractivity contribution in [3.63, 3.8) is 0 Å². The standard InChI is InChI=1S/C11H17NOS/c12-10(9-5-4-8-14-9)11(13)6-2-1-3-7-11/h4-5,8,10,13H,1-3,6-7,12H2. The van der Waals surface area contributed by atoms with E-state index in [0.29, 0.717) is 0 Å². The molecule has 2 rings (SSSR count). The first kappa shape index (κ1) is 10.1. The minimum absolute atomic E-state index is 0.192. The lowest BCUT2D eigenvalue weighted by Crippen LogP contribution is -2.42. The molecule has 3 heteroatoms. The summed E-state index contributed by atoms with van der Waals surface area (Å²) in [5.74, 6) is 0. The van der Waals surface area contributed by atoms with Crippen LogP contribution in [0.3, 0.4) is 0 Å². The average molecular weight is 211 g/mol. The van der Waals surface area contributed by atoms with Crippen LogP contribution >= 0.6 is 11.3 Å². The molecule has 78 valence electrons. The Morgan fingerprint density at radius 1 is 1.36 bits per heavy atom. The topological polar surface area (TPSA) is 46.2 Å². The van der Waals surface area contributed by atoms with Crippen LogP contribution in [0.5, 0.6) is 0 Å². The molecule has 1 fully saturated rings. The first-order chi connectivity index (χ1) is 6.72. The van der Waals surface area contributed by atoms with Gasteiger partial charge in [0.2, 0.25) is 0 Å². The molecule has 1 aliphatic rings. The zero-order chi connectivity index (χ0) is 10.0. The second-order valence-corrected chi connectivity index (χ2v) is 5.14. The number of hydrogen-bond acceptors (Lipinski definition) is 3. The van der Waals surface area contributed by atoms with E-state index in [1.807, 2.05) is 17.5 Å². The predicted octanol–water partition coefficient (Wildman–Crippen LogP) is 2.44. The van der Waals surface area contributed by atoms with Gasteiger partial charge in [-0.15, -0.1) is 11.3 Å². The quantitative estimate of drug-likeness (QED) is 0.789. The van der Waals surface area contributed by atoms with Gasteiger partial charge in [-0.05, 0) is 24.3 Å². The van der Waals surface area contributed by atoms with Gasteiger partial charge in [0.1, 0.15) is 0 Å². The van der Waals surface area contributed by atoms with Crippen molar-refractivity contribution in [2.45, 2.75) is 43.7 Å². The van der Waals surface area contributed by atoms with E-state index in [-0.39, 0.29) is 6.04 Å². The molecule has 1 atom stereocenters. The minimum atomic E-state index is -0.650. The summed E-state index contributed by atoms with van der Waals surface area (Å²) in [5.41, 5.74) is 5.46. The van der Waals surface area contributed by atoms with E-state index in [1.54, 1.807) is 11.3 Å². The van der Waals surface area contributed by atoms with Gasteiger partial charge in [0.05, 0.1) is 11.6 Å². The molecule has 14 heavy (non-hydrogen) atoms. The maximum absolute atomic E-state index is 10.4. The second kappa shape index (κ2) is 4.01. The molecule has 0 aromatic carbocycles. The van der Waals surface area contributed by atoms with Crippen molar-refractivity contribution in [3.8, 4) is 0 Å². The van der Waals surface area contributed by atoms with Crippen molar-refractivity contribution in [1.29, 1.82) is 0 Å². The van der Waals surface area contributed by atoms with Crippen LogP contribution in [0.25, 0.3) is 0 Å². The molecule has 0 bridgehead atoms. The Kier molecular flexibility index (Phi) is 2.91. The lowest BCUT2D eigenvalue weighted by atomic mass is 9.79. The van der Waals surface area contributed by atoms with Crippen molar-refractivity contribution in [2.24, 2.45) is 5.73 Å². The molecule has 2 nitrogen and oxygen atoms in total. The minimum Gasteiger partial charge on any atom is -0.388 e. The Morgan fingerprint density at radius 2 is 2.07 bits per heavy atom. The van der Waals surface area contributed by atoms with E-state index < -0.39 is 5.60 Å². The third-order valence-corrected chi connectivity index (χ3v) is 4.10. The van der Waals surface area contributed by atoms with Gasteiger partial charge in [-0.1, -0.05) is 25.3 Å². The molecule has 0 saturated heterocycles. The van der Waals surface area contributed by atoms with Gasteiger partial charge in [0, 0.05) is 4.88 Å². The Labute approximate surface area is 88.8 Å². The zero-order valence-electron chi connectivity index (χ0n) is 8.28. The summed E-state index contributed by atoms with van der Waals surface area (Å²) in [6.07, 6.45) is 5.16. The van der Waals surface area contributed by atoms with E-state index in [2.05, 4.69) is 0 Å². The molecule has 1 aliphatic carbocycles. The third kappa shape index (κ3) is 1.85. The molecule has 1 aromatic heterocycles. The summed E-state index contributed by atoms with van der Waals surface area (Å²) in [6.45, 7) is 0. The summed E-state index contributed by atoms with van der Waals surface area (Å²) < 4.78 is 0. The Morgan fingerprint density at radius 3 is 2.64 bits per heavy atom. The van der Waals surface area contributed by atoms with Crippen molar-refractivity contribution in [3.05, 3.63) is 22.4 Å². The fourth-order valence-electron chi connectivity index (χ4n) is 2.21. The van der Waals surface area contributed by atoms with Gasteiger partial charge in [0.25, 0.3) is 0 Å². The first-order valence-electron chi connectivity index (χ1n) is 5.24. The van der Waals surface area contributed by atoms with Crippen molar-refractivity contribution >= 4 is 11.3 Å². The van der Waals surface area contributed by atoms with Gasteiger partial charge < -0.3 is 10.8 Å².